The van der Waals surface area contributed by atoms with Gasteiger partial charge in [-0.2, -0.15) is 18.3 Å². The van der Waals surface area contributed by atoms with Crippen LogP contribution in [0.3, 0.4) is 0 Å². The van der Waals surface area contributed by atoms with Crippen molar-refractivity contribution in [2.45, 2.75) is 33.0 Å². The number of carbonyl (C=O) groups excluding carboxylic acids is 1. The SMILES string of the molecule is COc1ccc(N(C(C)C(=O)N/N=C/c2cc(C)n(-c3ccccc3C(F)(F)F)c2C)S(C)(=O)=O)cc1. The number of nitrogens with one attached hydrogen (secondary N) is 1. The van der Waals surface area contributed by atoms with E-state index in [1.54, 1.807) is 32.0 Å². The summed E-state index contributed by atoms with van der Waals surface area (Å²) in [4.78, 5) is 12.8. The summed E-state index contributed by atoms with van der Waals surface area (Å²) in [6, 6.07) is 11.9. The molecule has 0 aliphatic carbocycles. The number of benzene rings is 2. The molecule has 2 aromatic carbocycles. The maximum absolute atomic E-state index is 13.5. The van der Waals surface area contributed by atoms with Crippen molar-refractivity contribution >= 4 is 27.8 Å². The number of para-hydroxylation sites is 1. The van der Waals surface area contributed by atoms with Gasteiger partial charge in [0, 0.05) is 17.0 Å². The van der Waals surface area contributed by atoms with Crippen molar-refractivity contribution in [3.8, 4) is 11.4 Å². The van der Waals surface area contributed by atoms with Gasteiger partial charge in [-0.15, -0.1) is 0 Å². The first kappa shape index (κ1) is 27.8. The molecule has 0 fully saturated rings. The van der Waals surface area contributed by atoms with Gasteiger partial charge in [-0.3, -0.25) is 9.10 Å². The van der Waals surface area contributed by atoms with E-state index in [9.17, 15) is 26.4 Å². The Labute approximate surface area is 213 Å². The van der Waals surface area contributed by atoms with Crippen LogP contribution in [0.4, 0.5) is 18.9 Å². The number of aromatic nitrogens is 1. The zero-order valence-corrected chi connectivity index (χ0v) is 21.7. The lowest BCUT2D eigenvalue weighted by molar-refractivity contribution is -0.137. The number of carbonyl (C=O) groups is 1. The van der Waals surface area contributed by atoms with Crippen LogP contribution in [0.15, 0.2) is 59.7 Å². The van der Waals surface area contributed by atoms with E-state index in [1.165, 1.54) is 55.1 Å². The molecule has 37 heavy (non-hydrogen) atoms. The molecule has 0 saturated heterocycles. The maximum Gasteiger partial charge on any atom is 0.418 e. The largest absolute Gasteiger partial charge is 0.497 e. The number of nitrogens with zero attached hydrogens (tertiary/aromatic N) is 3. The van der Waals surface area contributed by atoms with Gasteiger partial charge in [0.25, 0.3) is 5.91 Å². The molecule has 3 rings (SSSR count). The molecule has 1 atom stereocenters. The van der Waals surface area contributed by atoms with E-state index >= 15 is 0 Å². The van der Waals surface area contributed by atoms with E-state index in [4.69, 9.17) is 4.74 Å². The number of rotatable bonds is 8. The van der Waals surface area contributed by atoms with E-state index in [-0.39, 0.29) is 11.4 Å². The van der Waals surface area contributed by atoms with Crippen LogP contribution < -0.4 is 14.5 Å². The van der Waals surface area contributed by atoms with Gasteiger partial charge in [-0.05, 0) is 63.2 Å². The molecule has 0 saturated carbocycles. The number of hydrogen-bond donors (Lipinski definition) is 1. The molecule has 0 spiro atoms. The first-order valence-electron chi connectivity index (χ1n) is 11.1. The Kier molecular flexibility index (Phi) is 8.01. The van der Waals surface area contributed by atoms with Crippen molar-refractivity contribution in [1.82, 2.24) is 9.99 Å². The molecule has 0 radical (unpaired) electrons. The standard InChI is InChI=1S/C25H27F3N4O4S/c1-16-14-19(17(2)31(16)23-9-7-6-8-22(23)25(26,27)28)15-29-30-24(33)18(3)32(37(5,34)35)20-10-12-21(36-4)13-11-20/h6-15,18H,1-5H3,(H,30,33)/b29-15+. The number of hydrazone groups is 1. The topological polar surface area (TPSA) is 93.0 Å². The number of anilines is 1. The van der Waals surface area contributed by atoms with Crippen LogP contribution in [-0.2, 0) is 21.0 Å². The second-order valence-corrected chi connectivity index (χ2v) is 10.2. The molecule has 1 N–H and O–H groups in total. The average molecular weight is 537 g/mol. The third kappa shape index (κ3) is 6.13. The molecule has 8 nitrogen and oxygen atoms in total. The van der Waals surface area contributed by atoms with Crippen molar-refractivity contribution in [2.75, 3.05) is 17.7 Å². The van der Waals surface area contributed by atoms with Crippen molar-refractivity contribution in [3.05, 3.63) is 77.1 Å². The highest BCUT2D eigenvalue weighted by atomic mass is 32.2. The average Bonchev–Trinajstić information content (AvgIpc) is 3.10. The number of amides is 1. The lowest BCUT2D eigenvalue weighted by Gasteiger charge is -2.27. The van der Waals surface area contributed by atoms with Crippen LogP contribution in [-0.4, -0.2) is 44.5 Å². The minimum atomic E-state index is -4.53. The minimum Gasteiger partial charge on any atom is -0.497 e. The van der Waals surface area contributed by atoms with Crippen molar-refractivity contribution in [1.29, 1.82) is 0 Å². The third-order valence-electron chi connectivity index (χ3n) is 5.71. The number of hydrogen-bond acceptors (Lipinski definition) is 5. The Balaban J connectivity index is 1.84. The number of alkyl halides is 3. The molecule has 3 aromatic rings. The Morgan fingerprint density at radius 3 is 2.32 bits per heavy atom. The van der Waals surface area contributed by atoms with Crippen molar-refractivity contribution in [2.24, 2.45) is 5.10 Å². The lowest BCUT2D eigenvalue weighted by atomic mass is 10.1. The first-order chi connectivity index (χ1) is 17.3. The fourth-order valence-corrected chi connectivity index (χ4v) is 5.17. The van der Waals surface area contributed by atoms with Crippen LogP contribution in [0.5, 0.6) is 5.75 Å². The molecule has 0 aliphatic heterocycles. The quantitative estimate of drug-likeness (QED) is 0.341. The highest BCUT2D eigenvalue weighted by molar-refractivity contribution is 7.92. The summed E-state index contributed by atoms with van der Waals surface area (Å²) in [6.07, 6.45) is -2.25. The van der Waals surface area contributed by atoms with Gasteiger partial charge in [-0.25, -0.2) is 13.8 Å². The predicted octanol–water partition coefficient (Wildman–Crippen LogP) is 4.43. The van der Waals surface area contributed by atoms with E-state index in [2.05, 4.69) is 10.5 Å². The molecular weight excluding hydrogens is 509 g/mol. The summed E-state index contributed by atoms with van der Waals surface area (Å²) < 4.78 is 73.0. The maximum atomic E-state index is 13.5. The fraction of sp³-hybridized carbons (Fsp3) is 0.280. The van der Waals surface area contributed by atoms with E-state index in [0.717, 1.165) is 16.6 Å². The summed E-state index contributed by atoms with van der Waals surface area (Å²) in [6.45, 7) is 4.72. The summed E-state index contributed by atoms with van der Waals surface area (Å²) >= 11 is 0. The molecule has 0 bridgehead atoms. The zero-order valence-electron chi connectivity index (χ0n) is 20.9. The van der Waals surface area contributed by atoms with Crippen LogP contribution in [0, 0.1) is 13.8 Å². The summed E-state index contributed by atoms with van der Waals surface area (Å²) in [5, 5.41) is 3.93. The number of halogens is 3. The second kappa shape index (κ2) is 10.7. The zero-order chi connectivity index (χ0) is 27.5. The Hall–Kier alpha value is -3.80. The Bertz CT molecular complexity index is 1410. The van der Waals surface area contributed by atoms with Crippen molar-refractivity contribution in [3.63, 3.8) is 0 Å². The Morgan fingerprint density at radius 2 is 1.76 bits per heavy atom. The second-order valence-electron chi connectivity index (χ2n) is 8.34. The number of aryl methyl sites for hydroxylation is 1. The van der Waals surface area contributed by atoms with Gasteiger partial charge in [0.05, 0.1) is 36.5 Å². The molecule has 12 heteroatoms. The predicted molar refractivity (Wildman–Crippen MR) is 136 cm³/mol. The van der Waals surface area contributed by atoms with Gasteiger partial charge in [-0.1, -0.05) is 12.1 Å². The van der Waals surface area contributed by atoms with Crippen LogP contribution >= 0.6 is 0 Å². The number of sulfonamides is 1. The van der Waals surface area contributed by atoms with Gasteiger partial charge >= 0.3 is 6.18 Å². The summed E-state index contributed by atoms with van der Waals surface area (Å²) in [5.74, 6) is -0.178. The molecule has 1 aromatic heterocycles. The number of ether oxygens (including phenoxy) is 1. The van der Waals surface area contributed by atoms with Gasteiger partial charge in [0.2, 0.25) is 10.0 Å². The third-order valence-corrected chi connectivity index (χ3v) is 6.96. The molecule has 1 heterocycles. The summed E-state index contributed by atoms with van der Waals surface area (Å²) in [5.41, 5.74) is 3.29. The fourth-order valence-electron chi connectivity index (χ4n) is 3.99. The van der Waals surface area contributed by atoms with Crippen molar-refractivity contribution < 1.29 is 31.1 Å². The minimum absolute atomic E-state index is 0.0226. The summed E-state index contributed by atoms with van der Waals surface area (Å²) in [7, 11) is -2.35. The lowest BCUT2D eigenvalue weighted by Crippen LogP contribution is -2.46. The van der Waals surface area contributed by atoms with E-state index < -0.39 is 33.7 Å². The molecule has 198 valence electrons. The highest BCUT2D eigenvalue weighted by Crippen LogP contribution is 2.35. The van der Waals surface area contributed by atoms with E-state index in [1.807, 2.05) is 0 Å². The molecule has 0 aliphatic rings. The molecular formula is C25H27F3N4O4S. The van der Waals surface area contributed by atoms with Crippen LogP contribution in [0.25, 0.3) is 5.69 Å². The van der Waals surface area contributed by atoms with Gasteiger partial charge < -0.3 is 9.30 Å². The van der Waals surface area contributed by atoms with E-state index in [0.29, 0.717) is 22.7 Å². The normalized spacial score (nSPS) is 13.0. The highest BCUT2D eigenvalue weighted by Gasteiger charge is 2.34. The monoisotopic (exact) mass is 536 g/mol. The Morgan fingerprint density at radius 1 is 1.14 bits per heavy atom. The first-order valence-corrected chi connectivity index (χ1v) is 12.9. The number of methoxy groups -OCH3 is 1. The van der Waals surface area contributed by atoms with Crippen LogP contribution in [0.2, 0.25) is 0 Å². The van der Waals surface area contributed by atoms with Gasteiger partial charge in [0.15, 0.2) is 0 Å². The van der Waals surface area contributed by atoms with Gasteiger partial charge in [0.1, 0.15) is 11.8 Å². The smallest absolute Gasteiger partial charge is 0.418 e. The molecule has 1 amide bonds. The van der Waals surface area contributed by atoms with Crippen LogP contribution in [0.1, 0.15) is 29.4 Å². The molecule has 1 unspecified atom stereocenters.